The Hall–Kier alpha value is -1.46. The van der Waals surface area contributed by atoms with Crippen LogP contribution in [0, 0.1) is 15.9 Å². The van der Waals surface area contributed by atoms with E-state index >= 15 is 0 Å². The van der Waals surface area contributed by atoms with Gasteiger partial charge in [0, 0.05) is 5.39 Å². The van der Waals surface area contributed by atoms with Crippen LogP contribution in [-0.4, -0.2) is 9.91 Å². The molecule has 0 saturated carbocycles. The molecule has 4 nitrogen and oxygen atoms in total. The van der Waals surface area contributed by atoms with Crippen molar-refractivity contribution in [3.05, 3.63) is 44.3 Å². The van der Waals surface area contributed by atoms with Gasteiger partial charge < -0.3 is 0 Å². The maximum absolute atomic E-state index is 13.3. The molecule has 0 saturated heterocycles. The molecule has 7 heteroatoms. The van der Waals surface area contributed by atoms with Gasteiger partial charge in [0.25, 0.3) is 0 Å². The van der Waals surface area contributed by atoms with Crippen molar-refractivity contribution < 1.29 is 9.31 Å². The SMILES string of the molecule is O=[N+]([O-])c1cnc2c(F)ccc(Cl)c2c1Cl. The van der Waals surface area contributed by atoms with Crippen LogP contribution in [0.25, 0.3) is 10.9 Å². The number of benzene rings is 1. The van der Waals surface area contributed by atoms with E-state index in [0.717, 1.165) is 12.3 Å². The molecule has 0 aliphatic heterocycles. The van der Waals surface area contributed by atoms with Crippen LogP contribution in [0.3, 0.4) is 0 Å². The number of hydrogen-bond acceptors (Lipinski definition) is 3. The maximum atomic E-state index is 13.3. The lowest BCUT2D eigenvalue weighted by Crippen LogP contribution is -1.93. The molecular weight excluding hydrogens is 258 g/mol. The monoisotopic (exact) mass is 260 g/mol. The third-order valence-electron chi connectivity index (χ3n) is 2.03. The van der Waals surface area contributed by atoms with Crippen molar-refractivity contribution in [2.45, 2.75) is 0 Å². The van der Waals surface area contributed by atoms with E-state index in [9.17, 15) is 14.5 Å². The lowest BCUT2D eigenvalue weighted by Gasteiger charge is -2.03. The zero-order valence-electron chi connectivity index (χ0n) is 7.58. The van der Waals surface area contributed by atoms with Gasteiger partial charge in [-0.2, -0.15) is 0 Å². The van der Waals surface area contributed by atoms with E-state index in [2.05, 4.69) is 4.98 Å². The summed E-state index contributed by atoms with van der Waals surface area (Å²) in [5.74, 6) is -0.629. The minimum absolute atomic E-state index is 0.0533. The summed E-state index contributed by atoms with van der Waals surface area (Å²) in [7, 11) is 0. The van der Waals surface area contributed by atoms with E-state index in [0.29, 0.717) is 0 Å². The highest BCUT2D eigenvalue weighted by atomic mass is 35.5. The average molecular weight is 261 g/mol. The normalized spacial score (nSPS) is 10.7. The molecule has 0 aliphatic rings. The van der Waals surface area contributed by atoms with Gasteiger partial charge in [0.15, 0.2) is 0 Å². The maximum Gasteiger partial charge on any atom is 0.306 e. The van der Waals surface area contributed by atoms with Crippen LogP contribution in [0.5, 0.6) is 0 Å². The van der Waals surface area contributed by atoms with Gasteiger partial charge in [-0.15, -0.1) is 0 Å². The summed E-state index contributed by atoms with van der Waals surface area (Å²) in [6, 6.07) is 2.40. The quantitative estimate of drug-likeness (QED) is 0.582. The molecule has 0 radical (unpaired) electrons. The van der Waals surface area contributed by atoms with E-state index in [4.69, 9.17) is 23.2 Å². The third-order valence-corrected chi connectivity index (χ3v) is 2.73. The number of rotatable bonds is 1. The van der Waals surface area contributed by atoms with Gasteiger partial charge in [0.2, 0.25) is 0 Å². The Morgan fingerprint density at radius 3 is 2.69 bits per heavy atom. The Morgan fingerprint density at radius 2 is 2.06 bits per heavy atom. The van der Waals surface area contributed by atoms with Crippen molar-refractivity contribution in [1.29, 1.82) is 0 Å². The molecule has 0 amide bonds. The molecule has 1 aromatic carbocycles. The molecule has 0 spiro atoms. The lowest BCUT2D eigenvalue weighted by atomic mass is 10.2. The van der Waals surface area contributed by atoms with Gasteiger partial charge in [-0.1, -0.05) is 23.2 Å². The van der Waals surface area contributed by atoms with Crippen LogP contribution < -0.4 is 0 Å². The first kappa shape index (κ1) is 11.0. The predicted octanol–water partition coefficient (Wildman–Crippen LogP) is 3.59. The van der Waals surface area contributed by atoms with Gasteiger partial charge in [-0.3, -0.25) is 10.1 Å². The van der Waals surface area contributed by atoms with Crippen LogP contribution in [0.1, 0.15) is 0 Å². The zero-order valence-corrected chi connectivity index (χ0v) is 9.09. The van der Waals surface area contributed by atoms with Crippen LogP contribution in [0.2, 0.25) is 10.0 Å². The number of fused-ring (bicyclic) bond motifs is 1. The van der Waals surface area contributed by atoms with Crippen molar-refractivity contribution in [1.82, 2.24) is 4.98 Å². The van der Waals surface area contributed by atoms with Gasteiger partial charge in [-0.05, 0) is 12.1 Å². The molecule has 0 unspecified atom stereocenters. The first-order valence-corrected chi connectivity index (χ1v) is 4.84. The molecule has 0 bridgehead atoms. The Kier molecular flexibility index (Phi) is 2.65. The Balaban J connectivity index is 2.94. The molecule has 1 aromatic heterocycles. The fraction of sp³-hybridized carbons (Fsp3) is 0. The summed E-state index contributed by atoms with van der Waals surface area (Å²) < 4.78 is 13.3. The molecule has 82 valence electrons. The number of pyridine rings is 1. The molecule has 2 rings (SSSR count). The topological polar surface area (TPSA) is 56.0 Å². The van der Waals surface area contributed by atoms with Crippen LogP contribution >= 0.6 is 23.2 Å². The number of halogens is 3. The van der Waals surface area contributed by atoms with Crippen molar-refractivity contribution in [3.8, 4) is 0 Å². The van der Waals surface area contributed by atoms with E-state index in [-0.39, 0.29) is 20.9 Å². The average Bonchev–Trinajstić information content (AvgIpc) is 2.23. The molecule has 16 heavy (non-hydrogen) atoms. The van der Waals surface area contributed by atoms with Gasteiger partial charge >= 0.3 is 5.69 Å². The smallest absolute Gasteiger partial charge is 0.258 e. The van der Waals surface area contributed by atoms with E-state index in [1.54, 1.807) is 0 Å². The third kappa shape index (κ3) is 1.58. The Labute approximate surface area is 98.8 Å². The highest BCUT2D eigenvalue weighted by Gasteiger charge is 2.19. The van der Waals surface area contributed by atoms with E-state index in [1.807, 2.05) is 0 Å². The second-order valence-corrected chi connectivity index (χ2v) is 3.75. The van der Waals surface area contributed by atoms with Crippen LogP contribution in [-0.2, 0) is 0 Å². The Morgan fingerprint density at radius 1 is 1.38 bits per heavy atom. The van der Waals surface area contributed by atoms with Gasteiger partial charge in [-0.25, -0.2) is 9.37 Å². The Bertz CT molecular complexity index is 604. The first-order valence-electron chi connectivity index (χ1n) is 4.09. The summed E-state index contributed by atoms with van der Waals surface area (Å²) in [4.78, 5) is 13.5. The minimum atomic E-state index is -0.698. The molecule has 2 aromatic rings. The molecule has 0 fully saturated rings. The van der Waals surface area contributed by atoms with Crippen molar-refractivity contribution in [3.63, 3.8) is 0 Å². The summed E-state index contributed by atoms with van der Waals surface area (Å²) in [6.45, 7) is 0. The summed E-state index contributed by atoms with van der Waals surface area (Å²) in [5, 5.41) is 10.6. The largest absolute Gasteiger partial charge is 0.306 e. The minimum Gasteiger partial charge on any atom is -0.258 e. The summed E-state index contributed by atoms with van der Waals surface area (Å²) in [5.41, 5.74) is -0.482. The number of aromatic nitrogens is 1. The fourth-order valence-corrected chi connectivity index (χ4v) is 1.92. The second-order valence-electron chi connectivity index (χ2n) is 2.97. The second kappa shape index (κ2) is 3.84. The number of nitro groups is 1. The van der Waals surface area contributed by atoms with E-state index in [1.165, 1.54) is 6.07 Å². The summed E-state index contributed by atoms with van der Waals surface area (Å²) >= 11 is 11.6. The van der Waals surface area contributed by atoms with Crippen LogP contribution in [0.15, 0.2) is 18.3 Å². The standard InChI is InChI=1S/C9H3Cl2FN2O2/c10-4-1-2-5(12)9-7(4)8(11)6(3-13-9)14(15)16/h1-3H. The van der Waals surface area contributed by atoms with Crippen molar-refractivity contribution >= 4 is 39.8 Å². The van der Waals surface area contributed by atoms with Gasteiger partial charge in [0.05, 0.1) is 9.95 Å². The van der Waals surface area contributed by atoms with Crippen molar-refractivity contribution in [2.24, 2.45) is 0 Å². The molecule has 0 atom stereocenters. The molecule has 0 N–H and O–H groups in total. The van der Waals surface area contributed by atoms with Crippen molar-refractivity contribution in [2.75, 3.05) is 0 Å². The first-order chi connectivity index (χ1) is 7.52. The van der Waals surface area contributed by atoms with E-state index < -0.39 is 16.4 Å². The zero-order chi connectivity index (χ0) is 11.9. The predicted molar refractivity (Wildman–Crippen MR) is 58.4 cm³/mol. The number of hydrogen-bond donors (Lipinski definition) is 0. The molecule has 0 aliphatic carbocycles. The fourth-order valence-electron chi connectivity index (χ4n) is 1.31. The lowest BCUT2D eigenvalue weighted by molar-refractivity contribution is -0.384. The summed E-state index contributed by atoms with van der Waals surface area (Å²) in [6.07, 6.45) is 0.907. The van der Waals surface area contributed by atoms with Gasteiger partial charge in [0.1, 0.15) is 22.6 Å². The van der Waals surface area contributed by atoms with Crippen LogP contribution in [0.4, 0.5) is 10.1 Å². The number of nitrogens with zero attached hydrogens (tertiary/aromatic N) is 2. The highest BCUT2D eigenvalue weighted by Crippen LogP contribution is 2.36. The molecular formula is C9H3Cl2FN2O2. The molecule has 1 heterocycles. The highest BCUT2D eigenvalue weighted by molar-refractivity contribution is 6.43.